The van der Waals surface area contributed by atoms with Crippen LogP contribution in [0.15, 0.2) is 194 Å². The fourth-order valence-corrected chi connectivity index (χ4v) is 6.86. The van der Waals surface area contributed by atoms with Gasteiger partial charge in [0.05, 0.1) is 22.7 Å². The molecule has 8 aromatic rings. The molecule has 3 nitrogen and oxygen atoms in total. The van der Waals surface area contributed by atoms with Crippen molar-refractivity contribution in [1.29, 1.82) is 0 Å². The van der Waals surface area contributed by atoms with Gasteiger partial charge in [-0.1, -0.05) is 133 Å². The van der Waals surface area contributed by atoms with E-state index in [1.807, 2.05) is 18.2 Å². The number of hydrogen-bond donors (Lipinski definition) is 0. The highest BCUT2D eigenvalue weighted by atomic mass is 16.5. The maximum absolute atomic E-state index is 6.63. The lowest BCUT2D eigenvalue weighted by atomic mass is 10.00. The van der Waals surface area contributed by atoms with Crippen LogP contribution in [-0.4, -0.2) is 0 Å². The van der Waals surface area contributed by atoms with E-state index in [9.17, 15) is 0 Å². The molecule has 0 amide bonds. The molecule has 0 saturated heterocycles. The summed E-state index contributed by atoms with van der Waals surface area (Å²) in [5.74, 6) is 1.63. The van der Waals surface area contributed by atoms with Gasteiger partial charge in [-0.05, 0) is 82.2 Å². The molecule has 0 atom stereocenters. The van der Waals surface area contributed by atoms with Crippen molar-refractivity contribution in [1.82, 2.24) is 0 Å². The molecule has 1 heterocycles. The molecule has 1 aliphatic heterocycles. The highest BCUT2D eigenvalue weighted by molar-refractivity contribution is 5.99. The average Bonchev–Trinajstić information content (AvgIpc) is 3.18. The number of nitrogens with zero attached hydrogens (tertiary/aromatic N) is 2. The van der Waals surface area contributed by atoms with E-state index in [1.54, 1.807) is 0 Å². The molecule has 3 heteroatoms. The van der Waals surface area contributed by atoms with Gasteiger partial charge in [0.25, 0.3) is 0 Å². The molecule has 1 aliphatic rings. The van der Waals surface area contributed by atoms with Crippen molar-refractivity contribution in [2.24, 2.45) is 0 Å². The van der Waals surface area contributed by atoms with Crippen molar-refractivity contribution < 1.29 is 4.74 Å². The molecule has 0 bridgehead atoms. The Morgan fingerprint density at radius 1 is 0.388 bits per heavy atom. The van der Waals surface area contributed by atoms with E-state index in [4.69, 9.17) is 4.74 Å². The molecule has 8 aromatic carbocycles. The Morgan fingerprint density at radius 2 is 0.939 bits per heavy atom. The zero-order valence-corrected chi connectivity index (χ0v) is 26.8. The van der Waals surface area contributed by atoms with Crippen LogP contribution in [0.1, 0.15) is 0 Å². The first-order chi connectivity index (χ1) is 24.3. The van der Waals surface area contributed by atoms with Crippen molar-refractivity contribution in [3.8, 4) is 33.8 Å². The molecule has 0 spiro atoms. The lowest BCUT2D eigenvalue weighted by Gasteiger charge is -2.34. The number of para-hydroxylation sites is 3. The average molecular weight is 629 g/mol. The van der Waals surface area contributed by atoms with Crippen molar-refractivity contribution in [2.75, 3.05) is 9.80 Å². The van der Waals surface area contributed by atoms with Crippen LogP contribution in [0.3, 0.4) is 0 Å². The van der Waals surface area contributed by atoms with Crippen LogP contribution >= 0.6 is 0 Å². The molecule has 49 heavy (non-hydrogen) atoms. The highest BCUT2D eigenvalue weighted by Gasteiger charge is 2.27. The molecule has 0 saturated carbocycles. The highest BCUT2D eigenvalue weighted by Crippen LogP contribution is 2.52. The second-order valence-corrected chi connectivity index (χ2v) is 12.2. The van der Waals surface area contributed by atoms with Crippen LogP contribution in [0.4, 0.5) is 34.1 Å². The topological polar surface area (TPSA) is 15.7 Å². The lowest BCUT2D eigenvalue weighted by molar-refractivity contribution is 0.477. The first kappa shape index (κ1) is 28.6. The molecule has 0 N–H and O–H groups in total. The Hall–Kier alpha value is -6.58. The maximum atomic E-state index is 6.63. The lowest BCUT2D eigenvalue weighted by Crippen LogP contribution is -2.17. The standard InChI is InChI=1S/C46H32N2O/c1-3-12-33(13-4-1)34-22-24-35(25-23-34)36-26-28-39(29-27-36)47(42-20-11-15-37-14-7-8-18-41(37)42)40-30-31-44-46(32-40)49-45-21-10-9-19-43(45)48(44)38-16-5-2-6-17-38/h1-32H. The van der Waals surface area contributed by atoms with Gasteiger partial charge in [-0.2, -0.15) is 0 Å². The zero-order chi connectivity index (χ0) is 32.6. The minimum Gasteiger partial charge on any atom is -0.453 e. The molecule has 9 rings (SSSR count). The fourth-order valence-electron chi connectivity index (χ4n) is 6.86. The van der Waals surface area contributed by atoms with Gasteiger partial charge in [-0.3, -0.25) is 0 Å². The minimum atomic E-state index is 0.806. The number of benzene rings is 8. The zero-order valence-electron chi connectivity index (χ0n) is 26.8. The van der Waals surface area contributed by atoms with Gasteiger partial charge in [0.15, 0.2) is 11.5 Å². The molecule has 0 aliphatic carbocycles. The van der Waals surface area contributed by atoms with Crippen molar-refractivity contribution in [3.05, 3.63) is 194 Å². The second kappa shape index (κ2) is 12.2. The third-order valence-corrected chi connectivity index (χ3v) is 9.24. The summed E-state index contributed by atoms with van der Waals surface area (Å²) in [5, 5.41) is 2.37. The van der Waals surface area contributed by atoms with Crippen LogP contribution < -0.4 is 14.5 Å². The van der Waals surface area contributed by atoms with Gasteiger partial charge in [0.2, 0.25) is 0 Å². The third-order valence-electron chi connectivity index (χ3n) is 9.24. The Kier molecular flexibility index (Phi) is 7.14. The summed E-state index contributed by atoms with van der Waals surface area (Å²) < 4.78 is 6.63. The number of rotatable bonds is 6. The largest absolute Gasteiger partial charge is 0.453 e. The summed E-state index contributed by atoms with van der Waals surface area (Å²) in [6.45, 7) is 0. The molecular weight excluding hydrogens is 597 g/mol. The monoisotopic (exact) mass is 628 g/mol. The third kappa shape index (κ3) is 5.28. The van der Waals surface area contributed by atoms with Crippen LogP contribution in [0.2, 0.25) is 0 Å². The summed E-state index contributed by atoms with van der Waals surface area (Å²) >= 11 is 0. The fraction of sp³-hybridized carbons (Fsp3) is 0. The molecule has 0 aromatic heterocycles. The van der Waals surface area contributed by atoms with Gasteiger partial charge in [-0.15, -0.1) is 0 Å². The maximum Gasteiger partial charge on any atom is 0.153 e. The smallest absolute Gasteiger partial charge is 0.153 e. The van der Waals surface area contributed by atoms with E-state index in [0.717, 1.165) is 45.6 Å². The van der Waals surface area contributed by atoms with E-state index in [2.05, 4.69) is 186 Å². The molecular formula is C46H32N2O. The van der Waals surface area contributed by atoms with E-state index >= 15 is 0 Å². The van der Waals surface area contributed by atoms with Crippen LogP contribution in [0.25, 0.3) is 33.0 Å². The number of anilines is 6. The Morgan fingerprint density at radius 3 is 1.69 bits per heavy atom. The van der Waals surface area contributed by atoms with Gasteiger partial charge in [0.1, 0.15) is 0 Å². The van der Waals surface area contributed by atoms with Crippen molar-refractivity contribution >= 4 is 44.9 Å². The first-order valence-electron chi connectivity index (χ1n) is 16.6. The predicted octanol–water partition coefficient (Wildman–Crippen LogP) is 13.2. The number of fused-ring (bicyclic) bond motifs is 3. The molecule has 0 unspecified atom stereocenters. The van der Waals surface area contributed by atoms with E-state index in [-0.39, 0.29) is 0 Å². The minimum absolute atomic E-state index is 0.806. The second-order valence-electron chi connectivity index (χ2n) is 12.2. The van der Waals surface area contributed by atoms with Gasteiger partial charge in [-0.25, -0.2) is 0 Å². The normalized spacial score (nSPS) is 11.8. The summed E-state index contributed by atoms with van der Waals surface area (Å²) in [6.07, 6.45) is 0. The van der Waals surface area contributed by atoms with Crippen LogP contribution in [0.5, 0.6) is 11.5 Å². The van der Waals surface area contributed by atoms with Crippen molar-refractivity contribution in [2.45, 2.75) is 0 Å². The Labute approximate surface area is 286 Å². The Bertz CT molecular complexity index is 2400. The quantitative estimate of drug-likeness (QED) is 0.182. The van der Waals surface area contributed by atoms with Gasteiger partial charge >= 0.3 is 0 Å². The molecule has 0 fully saturated rings. The van der Waals surface area contributed by atoms with E-state index < -0.39 is 0 Å². The van der Waals surface area contributed by atoms with Gasteiger partial charge < -0.3 is 14.5 Å². The predicted molar refractivity (Wildman–Crippen MR) is 204 cm³/mol. The molecule has 0 radical (unpaired) electrons. The van der Waals surface area contributed by atoms with Gasteiger partial charge in [0, 0.05) is 22.8 Å². The van der Waals surface area contributed by atoms with E-state index in [1.165, 1.54) is 33.0 Å². The summed E-state index contributed by atoms with van der Waals surface area (Å²) in [4.78, 5) is 4.61. The number of hydrogen-bond acceptors (Lipinski definition) is 3. The summed E-state index contributed by atoms with van der Waals surface area (Å²) in [7, 11) is 0. The summed E-state index contributed by atoms with van der Waals surface area (Å²) in [6, 6.07) is 68.5. The molecule has 232 valence electrons. The first-order valence-corrected chi connectivity index (χ1v) is 16.6. The van der Waals surface area contributed by atoms with Crippen LogP contribution in [-0.2, 0) is 0 Å². The SMILES string of the molecule is c1ccc(-c2ccc(-c3ccc(N(c4ccc5c(c4)Oc4ccccc4N5c4ccccc4)c4cccc5ccccc45)cc3)cc2)cc1. The number of ether oxygens (including phenoxy) is 1. The summed E-state index contributed by atoms with van der Waals surface area (Å²) in [5.41, 5.74) is 11.1. The van der Waals surface area contributed by atoms with Crippen molar-refractivity contribution in [3.63, 3.8) is 0 Å². The Balaban J connectivity index is 1.14. The van der Waals surface area contributed by atoms with E-state index in [0.29, 0.717) is 0 Å². The van der Waals surface area contributed by atoms with Crippen LogP contribution in [0, 0.1) is 0 Å².